The Morgan fingerprint density at radius 1 is 0.500 bits per heavy atom. The summed E-state index contributed by atoms with van der Waals surface area (Å²) in [6.45, 7) is 2.18. The monoisotopic (exact) mass is 516 g/mol. The van der Waals surface area contributed by atoms with Gasteiger partial charge in [0.2, 0.25) is 0 Å². The predicted molar refractivity (Wildman–Crippen MR) is 164 cm³/mol. The van der Waals surface area contributed by atoms with Crippen molar-refractivity contribution in [1.82, 2.24) is 19.5 Å². The van der Waals surface area contributed by atoms with Gasteiger partial charge >= 0.3 is 0 Å². The van der Waals surface area contributed by atoms with E-state index in [-0.39, 0.29) is 0 Å². The molecule has 0 N–H and O–H groups in total. The molecule has 192 valence electrons. The zero-order chi connectivity index (χ0) is 26.9. The van der Waals surface area contributed by atoms with E-state index in [9.17, 15) is 0 Å². The third kappa shape index (κ3) is 4.34. The largest absolute Gasteiger partial charge is 0.292 e. The number of aryl methyl sites for hydroxylation is 1. The molecule has 0 amide bonds. The van der Waals surface area contributed by atoms with Crippen LogP contribution in [-0.2, 0) is 6.42 Å². The molecule has 0 aliphatic heterocycles. The van der Waals surface area contributed by atoms with Crippen LogP contribution in [0.2, 0.25) is 0 Å². The second-order valence-corrected chi connectivity index (χ2v) is 10.0. The Labute approximate surface area is 233 Å². The molecule has 7 aromatic rings. The minimum absolute atomic E-state index is 0.907. The maximum atomic E-state index is 5.00. The van der Waals surface area contributed by atoms with Crippen molar-refractivity contribution in [3.8, 4) is 39.5 Å². The number of hydrogen-bond acceptors (Lipinski definition) is 3. The molecule has 2 heterocycles. The lowest BCUT2D eigenvalue weighted by Gasteiger charge is -2.11. The van der Waals surface area contributed by atoms with E-state index < -0.39 is 0 Å². The summed E-state index contributed by atoms with van der Waals surface area (Å²) >= 11 is 0. The van der Waals surface area contributed by atoms with Gasteiger partial charge in [-0.05, 0) is 53.9 Å². The molecule has 0 fully saturated rings. The lowest BCUT2D eigenvalue weighted by molar-refractivity contribution is 0.884. The fourth-order valence-electron chi connectivity index (χ4n) is 5.37. The van der Waals surface area contributed by atoms with Crippen molar-refractivity contribution in [1.29, 1.82) is 0 Å². The van der Waals surface area contributed by atoms with E-state index in [1.165, 1.54) is 0 Å². The summed E-state index contributed by atoms with van der Waals surface area (Å²) in [5, 5.41) is 0. The standard InChI is InChI=1S/C36H28N4/c1-2-10-33-35(38-31-14-7-6-13-30(31)37-33)27-21-17-25(18-22-27)26-19-23-28(24-20-26)36-39-32-15-8-9-16-34(32)40(36)29-11-4-3-5-12-29/h3-9,11-24H,2,10H2,1H3. The number of rotatable bonds is 6. The number of imidazole rings is 1. The quantitative estimate of drug-likeness (QED) is 0.222. The van der Waals surface area contributed by atoms with E-state index in [1.54, 1.807) is 0 Å². The minimum Gasteiger partial charge on any atom is -0.292 e. The van der Waals surface area contributed by atoms with Gasteiger partial charge in [-0.1, -0.05) is 104 Å². The molecule has 0 radical (unpaired) electrons. The topological polar surface area (TPSA) is 43.6 Å². The molecule has 5 aromatic carbocycles. The average molecular weight is 517 g/mol. The number of fused-ring (bicyclic) bond motifs is 2. The van der Waals surface area contributed by atoms with Gasteiger partial charge in [0.25, 0.3) is 0 Å². The minimum atomic E-state index is 0.907. The van der Waals surface area contributed by atoms with E-state index in [2.05, 4.69) is 102 Å². The third-order valence-corrected chi connectivity index (χ3v) is 7.34. The second-order valence-electron chi connectivity index (χ2n) is 10.0. The molecule has 0 unspecified atom stereocenters. The lowest BCUT2D eigenvalue weighted by Crippen LogP contribution is -1.99. The highest BCUT2D eigenvalue weighted by atomic mass is 15.1. The van der Waals surface area contributed by atoms with E-state index >= 15 is 0 Å². The Kier molecular flexibility index (Phi) is 6.14. The molecule has 0 saturated carbocycles. The fraction of sp³-hybridized carbons (Fsp3) is 0.0833. The van der Waals surface area contributed by atoms with Gasteiger partial charge in [-0.25, -0.2) is 15.0 Å². The van der Waals surface area contributed by atoms with Crippen molar-refractivity contribution in [2.45, 2.75) is 19.8 Å². The summed E-state index contributed by atoms with van der Waals surface area (Å²) in [5.74, 6) is 0.938. The van der Waals surface area contributed by atoms with Crippen LogP contribution in [-0.4, -0.2) is 19.5 Å². The second kappa shape index (κ2) is 10.2. The van der Waals surface area contributed by atoms with Crippen molar-refractivity contribution in [2.24, 2.45) is 0 Å². The molecule has 2 aromatic heterocycles. The van der Waals surface area contributed by atoms with Crippen molar-refractivity contribution in [3.63, 3.8) is 0 Å². The first-order valence-corrected chi connectivity index (χ1v) is 13.8. The lowest BCUT2D eigenvalue weighted by atomic mass is 10.00. The normalized spacial score (nSPS) is 11.3. The van der Waals surface area contributed by atoms with Crippen LogP contribution in [0.5, 0.6) is 0 Å². The van der Waals surface area contributed by atoms with Crippen LogP contribution in [0.1, 0.15) is 19.0 Å². The van der Waals surface area contributed by atoms with E-state index in [1.807, 2.05) is 36.4 Å². The van der Waals surface area contributed by atoms with Crippen LogP contribution < -0.4 is 0 Å². The van der Waals surface area contributed by atoms with Crippen LogP contribution in [0.25, 0.3) is 61.5 Å². The van der Waals surface area contributed by atoms with E-state index in [0.29, 0.717) is 0 Å². The summed E-state index contributed by atoms with van der Waals surface area (Å²) < 4.78 is 2.23. The van der Waals surface area contributed by atoms with Crippen molar-refractivity contribution in [3.05, 3.63) is 133 Å². The summed E-state index contributed by atoms with van der Waals surface area (Å²) in [6, 6.07) is 44.2. The molecule has 7 rings (SSSR count). The first-order valence-electron chi connectivity index (χ1n) is 13.8. The van der Waals surface area contributed by atoms with E-state index in [4.69, 9.17) is 15.0 Å². The summed E-state index contributed by atoms with van der Waals surface area (Å²) in [5.41, 5.74) is 11.6. The first-order chi connectivity index (χ1) is 19.8. The van der Waals surface area contributed by atoms with Crippen molar-refractivity contribution in [2.75, 3.05) is 0 Å². The maximum absolute atomic E-state index is 5.00. The number of para-hydroxylation sites is 5. The molecule has 0 bridgehead atoms. The van der Waals surface area contributed by atoms with Gasteiger partial charge in [0, 0.05) is 16.8 Å². The molecule has 0 spiro atoms. The Hall–Kier alpha value is -5.09. The fourth-order valence-corrected chi connectivity index (χ4v) is 5.37. The highest BCUT2D eigenvalue weighted by Crippen LogP contribution is 2.32. The first kappa shape index (κ1) is 24.0. The molecule has 0 aliphatic rings. The van der Waals surface area contributed by atoms with Crippen molar-refractivity contribution < 1.29 is 0 Å². The Morgan fingerprint density at radius 3 is 1.73 bits per heavy atom. The van der Waals surface area contributed by atoms with Crippen LogP contribution in [0.15, 0.2) is 127 Å². The van der Waals surface area contributed by atoms with Crippen LogP contribution >= 0.6 is 0 Å². The summed E-state index contributed by atoms with van der Waals surface area (Å²) in [7, 11) is 0. The Morgan fingerprint density at radius 2 is 1.05 bits per heavy atom. The molecular weight excluding hydrogens is 488 g/mol. The molecule has 40 heavy (non-hydrogen) atoms. The smallest absolute Gasteiger partial charge is 0.145 e. The number of hydrogen-bond donors (Lipinski definition) is 0. The average Bonchev–Trinajstić information content (AvgIpc) is 3.41. The summed E-state index contributed by atoms with van der Waals surface area (Å²) in [4.78, 5) is 14.9. The van der Waals surface area contributed by atoms with Crippen molar-refractivity contribution >= 4 is 22.1 Å². The van der Waals surface area contributed by atoms with Crippen LogP contribution in [0.3, 0.4) is 0 Å². The Bertz CT molecular complexity index is 1940. The Balaban J connectivity index is 1.23. The van der Waals surface area contributed by atoms with Crippen LogP contribution in [0.4, 0.5) is 0 Å². The molecule has 0 atom stereocenters. The predicted octanol–water partition coefficient (Wildman–Crippen LogP) is 8.92. The molecular formula is C36H28N4. The van der Waals surface area contributed by atoms with E-state index in [0.717, 1.165) is 80.1 Å². The highest BCUT2D eigenvalue weighted by molar-refractivity contribution is 5.84. The SMILES string of the molecule is CCCc1nc2ccccc2nc1-c1ccc(-c2ccc(-c3nc4ccccc4n3-c3ccccc3)cc2)cc1. The van der Waals surface area contributed by atoms with Gasteiger partial charge < -0.3 is 0 Å². The van der Waals surface area contributed by atoms with Gasteiger partial charge in [-0.3, -0.25) is 4.57 Å². The number of aromatic nitrogens is 4. The molecule has 4 heteroatoms. The maximum Gasteiger partial charge on any atom is 0.145 e. The van der Waals surface area contributed by atoms with Gasteiger partial charge in [0.15, 0.2) is 0 Å². The van der Waals surface area contributed by atoms with Gasteiger partial charge in [0.05, 0.1) is 33.5 Å². The number of nitrogens with zero attached hydrogens (tertiary/aromatic N) is 4. The van der Waals surface area contributed by atoms with Gasteiger partial charge in [0.1, 0.15) is 5.82 Å². The highest BCUT2D eigenvalue weighted by Gasteiger charge is 2.15. The van der Waals surface area contributed by atoms with Gasteiger partial charge in [-0.2, -0.15) is 0 Å². The number of benzene rings is 5. The van der Waals surface area contributed by atoms with Gasteiger partial charge in [-0.15, -0.1) is 0 Å². The van der Waals surface area contributed by atoms with Crippen LogP contribution in [0, 0.1) is 0 Å². The zero-order valence-electron chi connectivity index (χ0n) is 22.3. The molecule has 0 saturated heterocycles. The molecule has 0 aliphatic carbocycles. The summed E-state index contributed by atoms with van der Waals surface area (Å²) in [6.07, 6.45) is 1.94. The molecule has 4 nitrogen and oxygen atoms in total. The zero-order valence-corrected chi connectivity index (χ0v) is 22.3. The third-order valence-electron chi connectivity index (χ3n) is 7.34.